The van der Waals surface area contributed by atoms with Crippen molar-refractivity contribution in [1.29, 1.82) is 0 Å². The molecule has 0 bridgehead atoms. The van der Waals surface area contributed by atoms with Crippen molar-refractivity contribution in [2.45, 2.75) is 19.9 Å². The molecule has 1 aromatic carbocycles. The monoisotopic (exact) mass is 305 g/mol. The smallest absolute Gasteiger partial charge is 0.194 e. The van der Waals surface area contributed by atoms with Crippen molar-refractivity contribution < 1.29 is 9.47 Å². The van der Waals surface area contributed by atoms with Gasteiger partial charge in [0.25, 0.3) is 0 Å². The molecule has 0 radical (unpaired) electrons. The zero-order chi connectivity index (χ0) is 15.8. The highest BCUT2D eigenvalue weighted by molar-refractivity contribution is 5.80. The van der Waals surface area contributed by atoms with E-state index in [0.717, 1.165) is 49.9 Å². The Hall–Kier alpha value is -1.75. The molecule has 1 saturated heterocycles. The Balaban J connectivity index is 2.00. The Morgan fingerprint density at radius 2 is 2.27 bits per heavy atom. The minimum atomic E-state index is 0.602. The normalized spacial score (nSPS) is 18.6. The summed E-state index contributed by atoms with van der Waals surface area (Å²) in [6.45, 7) is 6.51. The summed E-state index contributed by atoms with van der Waals surface area (Å²) < 4.78 is 10.5. The molecule has 1 aliphatic heterocycles. The van der Waals surface area contributed by atoms with E-state index < -0.39 is 0 Å². The van der Waals surface area contributed by atoms with E-state index in [-0.39, 0.29) is 0 Å². The first-order valence-electron chi connectivity index (χ1n) is 7.92. The molecule has 1 fully saturated rings. The number of benzene rings is 1. The Morgan fingerprint density at radius 1 is 1.41 bits per heavy atom. The van der Waals surface area contributed by atoms with Crippen molar-refractivity contribution in [1.82, 2.24) is 10.2 Å². The van der Waals surface area contributed by atoms with E-state index in [1.807, 2.05) is 18.2 Å². The zero-order valence-corrected chi connectivity index (χ0v) is 13.8. The van der Waals surface area contributed by atoms with Crippen LogP contribution in [0.15, 0.2) is 29.3 Å². The maximum Gasteiger partial charge on any atom is 0.194 e. The maximum absolute atomic E-state index is 5.27. The van der Waals surface area contributed by atoms with E-state index >= 15 is 0 Å². The Bertz CT molecular complexity index is 491. The lowest BCUT2D eigenvalue weighted by Crippen LogP contribution is -2.40. The van der Waals surface area contributed by atoms with Gasteiger partial charge in [0.15, 0.2) is 5.96 Å². The molecule has 22 heavy (non-hydrogen) atoms. The first-order valence-corrected chi connectivity index (χ1v) is 7.92. The molecule has 5 heteroatoms. The topological polar surface area (TPSA) is 46.1 Å². The summed E-state index contributed by atoms with van der Waals surface area (Å²) in [5.41, 5.74) is 1.15. The first-order chi connectivity index (χ1) is 10.8. The molecule has 1 heterocycles. The molecule has 0 amide bonds. The lowest BCUT2D eigenvalue weighted by atomic mass is 10.1. The van der Waals surface area contributed by atoms with Crippen LogP contribution in [0.25, 0.3) is 0 Å². The van der Waals surface area contributed by atoms with Gasteiger partial charge in [-0.25, -0.2) is 4.99 Å². The van der Waals surface area contributed by atoms with Gasteiger partial charge < -0.3 is 19.7 Å². The summed E-state index contributed by atoms with van der Waals surface area (Å²) in [6.07, 6.45) is 1.16. The third-order valence-corrected chi connectivity index (χ3v) is 3.87. The molecule has 1 N–H and O–H groups in total. The second-order valence-corrected chi connectivity index (χ2v) is 5.58. The molecule has 1 atom stereocenters. The third-order valence-electron chi connectivity index (χ3n) is 3.87. The highest BCUT2D eigenvalue weighted by Gasteiger charge is 2.24. The molecular formula is C17H27N3O2. The Labute approximate surface area is 133 Å². The van der Waals surface area contributed by atoms with E-state index in [2.05, 4.69) is 23.2 Å². The van der Waals surface area contributed by atoms with Crippen LogP contribution in [-0.2, 0) is 11.3 Å². The van der Waals surface area contributed by atoms with Crippen LogP contribution in [0.3, 0.4) is 0 Å². The van der Waals surface area contributed by atoms with Gasteiger partial charge in [-0.3, -0.25) is 0 Å². The van der Waals surface area contributed by atoms with Crippen molar-refractivity contribution in [3.05, 3.63) is 29.8 Å². The van der Waals surface area contributed by atoms with Crippen LogP contribution in [0.1, 0.15) is 18.9 Å². The largest absolute Gasteiger partial charge is 0.497 e. The van der Waals surface area contributed by atoms with Crippen LogP contribution >= 0.6 is 0 Å². The van der Waals surface area contributed by atoms with Crippen LogP contribution in [0, 0.1) is 5.92 Å². The molecule has 5 nitrogen and oxygen atoms in total. The second-order valence-electron chi connectivity index (χ2n) is 5.58. The summed E-state index contributed by atoms with van der Waals surface area (Å²) in [5, 5.41) is 3.39. The standard InChI is InChI=1S/C17H27N3O2/c1-4-18-17(20-9-8-15(12-20)13-21-2)19-11-14-6-5-7-16(10-14)22-3/h5-7,10,15H,4,8-9,11-13H2,1-3H3,(H,18,19). The minimum absolute atomic E-state index is 0.602. The van der Waals surface area contributed by atoms with Gasteiger partial charge in [0.1, 0.15) is 5.75 Å². The highest BCUT2D eigenvalue weighted by atomic mass is 16.5. The van der Waals surface area contributed by atoms with E-state index in [4.69, 9.17) is 14.5 Å². The van der Waals surface area contributed by atoms with Crippen LogP contribution in [0.2, 0.25) is 0 Å². The number of methoxy groups -OCH3 is 2. The van der Waals surface area contributed by atoms with Gasteiger partial charge >= 0.3 is 0 Å². The van der Waals surface area contributed by atoms with Crippen molar-refractivity contribution in [2.75, 3.05) is 40.5 Å². The quantitative estimate of drug-likeness (QED) is 0.646. The molecule has 122 valence electrons. The number of rotatable bonds is 6. The predicted molar refractivity (Wildman–Crippen MR) is 89.4 cm³/mol. The lowest BCUT2D eigenvalue weighted by Gasteiger charge is -2.21. The molecule has 1 unspecified atom stereocenters. The van der Waals surface area contributed by atoms with Crippen LogP contribution in [0.5, 0.6) is 5.75 Å². The summed E-state index contributed by atoms with van der Waals surface area (Å²) in [4.78, 5) is 7.10. The van der Waals surface area contributed by atoms with E-state index in [0.29, 0.717) is 12.5 Å². The number of hydrogen-bond acceptors (Lipinski definition) is 3. The van der Waals surface area contributed by atoms with Gasteiger partial charge in [-0.15, -0.1) is 0 Å². The molecular weight excluding hydrogens is 278 g/mol. The molecule has 1 aliphatic rings. The number of aliphatic imine (C=N–C) groups is 1. The summed E-state index contributed by atoms with van der Waals surface area (Å²) >= 11 is 0. The fraction of sp³-hybridized carbons (Fsp3) is 0.588. The third kappa shape index (κ3) is 4.63. The van der Waals surface area contributed by atoms with Crippen molar-refractivity contribution in [2.24, 2.45) is 10.9 Å². The molecule has 0 aromatic heterocycles. The van der Waals surface area contributed by atoms with Gasteiger partial charge in [-0.2, -0.15) is 0 Å². The summed E-state index contributed by atoms with van der Waals surface area (Å²) in [6, 6.07) is 8.06. The van der Waals surface area contributed by atoms with Gasteiger partial charge in [-0.05, 0) is 31.0 Å². The Morgan fingerprint density at radius 3 is 3.00 bits per heavy atom. The molecule has 0 aliphatic carbocycles. The minimum Gasteiger partial charge on any atom is -0.497 e. The van der Waals surface area contributed by atoms with Gasteiger partial charge in [0.2, 0.25) is 0 Å². The maximum atomic E-state index is 5.27. The summed E-state index contributed by atoms with van der Waals surface area (Å²) in [7, 11) is 3.46. The molecule has 0 spiro atoms. The molecule has 0 saturated carbocycles. The number of nitrogens with zero attached hydrogens (tertiary/aromatic N) is 2. The number of ether oxygens (including phenoxy) is 2. The van der Waals surface area contributed by atoms with Gasteiger partial charge in [0.05, 0.1) is 20.3 Å². The molecule has 1 aromatic rings. The van der Waals surface area contributed by atoms with Crippen LogP contribution < -0.4 is 10.1 Å². The van der Waals surface area contributed by atoms with Crippen molar-refractivity contribution >= 4 is 5.96 Å². The molecule has 2 rings (SSSR count). The average molecular weight is 305 g/mol. The van der Waals surface area contributed by atoms with Crippen LogP contribution in [-0.4, -0.2) is 51.3 Å². The Kier molecular flexibility index (Phi) is 6.52. The van der Waals surface area contributed by atoms with E-state index in [1.165, 1.54) is 0 Å². The van der Waals surface area contributed by atoms with Crippen molar-refractivity contribution in [3.8, 4) is 5.75 Å². The van der Waals surface area contributed by atoms with Crippen molar-refractivity contribution in [3.63, 3.8) is 0 Å². The van der Waals surface area contributed by atoms with Gasteiger partial charge in [-0.1, -0.05) is 12.1 Å². The predicted octanol–water partition coefficient (Wildman–Crippen LogP) is 2.13. The SMILES string of the molecule is CCNC(=NCc1cccc(OC)c1)N1CCC(COC)C1. The zero-order valence-electron chi connectivity index (χ0n) is 13.8. The summed E-state index contributed by atoms with van der Waals surface area (Å²) in [5.74, 6) is 2.47. The second kappa shape index (κ2) is 8.63. The fourth-order valence-electron chi connectivity index (χ4n) is 2.76. The first kappa shape index (κ1) is 16.6. The average Bonchev–Trinajstić information content (AvgIpc) is 3.00. The van der Waals surface area contributed by atoms with E-state index in [1.54, 1.807) is 14.2 Å². The van der Waals surface area contributed by atoms with Crippen LogP contribution in [0.4, 0.5) is 0 Å². The number of guanidine groups is 1. The van der Waals surface area contributed by atoms with E-state index in [9.17, 15) is 0 Å². The lowest BCUT2D eigenvalue weighted by molar-refractivity contribution is 0.157. The number of nitrogens with one attached hydrogen (secondary N) is 1. The number of likely N-dealkylation sites (tertiary alicyclic amines) is 1. The number of hydrogen-bond donors (Lipinski definition) is 1. The highest BCUT2D eigenvalue weighted by Crippen LogP contribution is 2.17. The van der Waals surface area contributed by atoms with Gasteiger partial charge in [0, 0.05) is 32.7 Å². The fourth-order valence-corrected chi connectivity index (χ4v) is 2.76.